The number of halogens is 1. The number of ketones is 1. The van der Waals surface area contributed by atoms with E-state index in [1.54, 1.807) is 12.1 Å². The number of aromatic hydroxyl groups is 1. The molecule has 1 aromatic heterocycles. The first kappa shape index (κ1) is 32.1. The van der Waals surface area contributed by atoms with Crippen molar-refractivity contribution in [1.29, 1.82) is 0 Å². The summed E-state index contributed by atoms with van der Waals surface area (Å²) in [6, 6.07) is 5.60. The van der Waals surface area contributed by atoms with E-state index in [0.717, 1.165) is 12.5 Å². The number of carbonyl (C=O) groups excluding carboxylic acids is 1. The number of aryl methyl sites for hydroxylation is 1. The van der Waals surface area contributed by atoms with Crippen LogP contribution >= 0.6 is 22.6 Å². The fraction of sp³-hybridized carbons (Fsp3) is 0.370. The van der Waals surface area contributed by atoms with Crippen LogP contribution in [0.25, 0.3) is 11.0 Å². The third kappa shape index (κ3) is 7.29. The van der Waals surface area contributed by atoms with Gasteiger partial charge in [-0.3, -0.25) is 9.59 Å². The Bertz CT molecular complexity index is 1380. The number of hydrogen-bond acceptors (Lipinski definition) is 8. The Morgan fingerprint density at radius 2 is 1.68 bits per heavy atom. The van der Waals surface area contributed by atoms with Gasteiger partial charge in [0.2, 0.25) is 5.76 Å². The van der Waals surface area contributed by atoms with Gasteiger partial charge in [-0.2, -0.15) is 0 Å². The Morgan fingerprint density at radius 1 is 1.05 bits per heavy atom. The third-order valence-corrected chi connectivity index (χ3v) is 6.50. The topological polar surface area (TPSA) is 144 Å². The van der Waals surface area contributed by atoms with Gasteiger partial charge in [-0.1, -0.05) is 26.7 Å². The number of rotatable bonds is 12. The van der Waals surface area contributed by atoms with Gasteiger partial charge in [0.25, 0.3) is 0 Å². The number of carbonyl (C=O) groups is 2. The van der Waals surface area contributed by atoms with Gasteiger partial charge >= 0.3 is 35.5 Å². The molecule has 200 valence electrons. The molecule has 0 bridgehead atoms. The van der Waals surface area contributed by atoms with Gasteiger partial charge in [0.15, 0.2) is 11.2 Å². The summed E-state index contributed by atoms with van der Waals surface area (Å²) in [7, 11) is 0. The minimum absolute atomic E-state index is 0. The first-order valence-corrected chi connectivity index (χ1v) is 13.0. The first-order chi connectivity index (χ1) is 17.6. The van der Waals surface area contributed by atoms with Gasteiger partial charge in [0.1, 0.15) is 42.1 Å². The van der Waals surface area contributed by atoms with Crippen LogP contribution in [0.1, 0.15) is 65.7 Å². The molecule has 3 aromatic rings. The van der Waals surface area contributed by atoms with Crippen LogP contribution in [0.5, 0.6) is 17.2 Å². The van der Waals surface area contributed by atoms with E-state index in [0.29, 0.717) is 45.5 Å². The van der Waals surface area contributed by atoms with Gasteiger partial charge in [0, 0.05) is 17.2 Å². The Morgan fingerprint density at radius 3 is 2.29 bits per heavy atom. The van der Waals surface area contributed by atoms with Crippen molar-refractivity contribution < 1.29 is 38.8 Å². The summed E-state index contributed by atoms with van der Waals surface area (Å²) in [6.07, 6.45) is 1.30. The van der Waals surface area contributed by atoms with E-state index in [9.17, 15) is 29.7 Å². The maximum atomic E-state index is 12.4. The molecule has 1 heterocycles. The first-order valence-electron chi connectivity index (χ1n) is 11.9. The SMILES string of the molecule is CCCc1c(O)c(C(C)=O)cc(I)c1OCC(O)COc1ccc2c(=O)cc(C(=O)O)oc2c1CCC.[NaH]. The fourth-order valence-corrected chi connectivity index (χ4v) is 4.77. The number of phenolic OH excluding ortho intramolecular Hbond substituents is 1. The van der Waals surface area contributed by atoms with Crippen LogP contribution in [0.4, 0.5) is 0 Å². The number of ether oxygens (including phenoxy) is 2. The predicted molar refractivity (Wildman–Crippen MR) is 152 cm³/mol. The van der Waals surface area contributed by atoms with Crippen LogP contribution in [0.15, 0.2) is 33.5 Å². The van der Waals surface area contributed by atoms with E-state index in [-0.39, 0.29) is 70.8 Å². The average molecular weight is 648 g/mol. The second-order valence-corrected chi connectivity index (χ2v) is 9.76. The van der Waals surface area contributed by atoms with Crippen LogP contribution in [0.2, 0.25) is 0 Å². The molecule has 0 amide bonds. The summed E-state index contributed by atoms with van der Waals surface area (Å²) >= 11 is 2.03. The summed E-state index contributed by atoms with van der Waals surface area (Å²) in [5.41, 5.74) is 0.957. The molecule has 9 nitrogen and oxygen atoms in total. The molecule has 0 radical (unpaired) electrons. The number of hydrogen-bond donors (Lipinski definition) is 3. The number of benzene rings is 2. The molecule has 3 N–H and O–H groups in total. The summed E-state index contributed by atoms with van der Waals surface area (Å²) < 4.78 is 17.8. The molecule has 1 atom stereocenters. The van der Waals surface area contributed by atoms with Crippen molar-refractivity contribution in [2.45, 2.75) is 52.6 Å². The van der Waals surface area contributed by atoms with Gasteiger partial charge in [0.05, 0.1) is 14.5 Å². The number of carboxylic acids is 1. The van der Waals surface area contributed by atoms with Crippen LogP contribution in [-0.4, -0.2) is 75.9 Å². The molecule has 38 heavy (non-hydrogen) atoms. The zero-order valence-electron chi connectivity index (χ0n) is 20.8. The molecule has 1 unspecified atom stereocenters. The monoisotopic (exact) mass is 648 g/mol. The molecule has 3 rings (SSSR count). The van der Waals surface area contributed by atoms with Gasteiger partial charge < -0.3 is 29.2 Å². The summed E-state index contributed by atoms with van der Waals surface area (Å²) in [4.78, 5) is 35.6. The Balaban J connectivity index is 0.00000507. The van der Waals surface area contributed by atoms with E-state index >= 15 is 0 Å². The van der Waals surface area contributed by atoms with Crippen LogP contribution in [0, 0.1) is 3.57 Å². The summed E-state index contributed by atoms with van der Waals surface area (Å²) in [5.74, 6) is -1.40. The van der Waals surface area contributed by atoms with Gasteiger partial charge in [-0.25, -0.2) is 4.79 Å². The quantitative estimate of drug-likeness (QED) is 0.150. The van der Waals surface area contributed by atoms with Crippen LogP contribution < -0.4 is 14.9 Å². The summed E-state index contributed by atoms with van der Waals surface area (Å²) in [5, 5.41) is 30.7. The average Bonchev–Trinajstić information content (AvgIpc) is 2.85. The van der Waals surface area contributed by atoms with E-state index in [4.69, 9.17) is 13.9 Å². The Hall–Kier alpha value is -2.12. The van der Waals surface area contributed by atoms with E-state index < -0.39 is 23.3 Å². The zero-order chi connectivity index (χ0) is 27.3. The number of fused-ring (bicyclic) bond motifs is 1. The second kappa shape index (κ2) is 14.3. The Labute approximate surface area is 255 Å². The molecule has 11 heteroatoms. The van der Waals surface area contributed by atoms with Crippen molar-refractivity contribution in [3.8, 4) is 17.2 Å². The molecule has 0 spiro atoms. The molecule has 0 saturated carbocycles. The van der Waals surface area contributed by atoms with E-state index in [1.807, 2.05) is 36.4 Å². The molecule has 0 aliphatic rings. The number of aromatic carboxylic acids is 1. The fourth-order valence-electron chi connectivity index (χ4n) is 3.98. The molecule has 2 aromatic carbocycles. The van der Waals surface area contributed by atoms with Crippen molar-refractivity contribution in [1.82, 2.24) is 0 Å². The number of aliphatic hydroxyl groups is 1. The van der Waals surface area contributed by atoms with E-state index in [1.165, 1.54) is 13.0 Å². The zero-order valence-corrected chi connectivity index (χ0v) is 23.0. The minimum atomic E-state index is -1.35. The van der Waals surface area contributed by atoms with E-state index in [2.05, 4.69) is 0 Å². The molecular formula is C27H30INaO9. The molecular weight excluding hydrogens is 618 g/mol. The van der Waals surface area contributed by atoms with Crippen LogP contribution in [0.3, 0.4) is 0 Å². The maximum absolute atomic E-state index is 12.4. The molecule has 0 aliphatic carbocycles. The molecule has 0 fully saturated rings. The van der Waals surface area contributed by atoms with Crippen molar-refractivity contribution in [3.63, 3.8) is 0 Å². The molecule has 0 aliphatic heterocycles. The number of carboxylic acid groups (broad SMARTS) is 1. The molecule has 0 saturated heterocycles. The number of Topliss-reactive ketones (excluding diaryl/α,β-unsaturated/α-hetero) is 1. The standard InChI is InChI=1S/C27H29IO9.Na.H/c1-4-6-17-22(9-8-16-21(31)11-23(27(33)34)37-25(16)17)35-12-15(30)13-36-26-18(7-5-2)24(32)19(14(3)29)10-20(26)28;;/h8-11,15,30,32H,4-7,12-13H2,1-3H3,(H,33,34);;. The van der Waals surface area contributed by atoms with Crippen molar-refractivity contribution in [2.75, 3.05) is 13.2 Å². The second-order valence-electron chi connectivity index (χ2n) is 8.59. The summed E-state index contributed by atoms with van der Waals surface area (Å²) in [6.45, 7) is 4.96. The predicted octanol–water partition coefficient (Wildman–Crippen LogP) is 4.08. The third-order valence-electron chi connectivity index (χ3n) is 5.70. The van der Waals surface area contributed by atoms with Gasteiger partial charge in [-0.15, -0.1) is 0 Å². The van der Waals surface area contributed by atoms with Crippen molar-refractivity contribution >= 4 is 74.9 Å². The van der Waals surface area contributed by atoms with Gasteiger partial charge in [-0.05, 0) is 60.6 Å². The van der Waals surface area contributed by atoms with Crippen LogP contribution in [-0.2, 0) is 12.8 Å². The number of phenols is 1. The normalized spacial score (nSPS) is 11.6. The Kier molecular flexibility index (Phi) is 12.1. The van der Waals surface area contributed by atoms with Crippen molar-refractivity contribution in [2.24, 2.45) is 0 Å². The van der Waals surface area contributed by atoms with Crippen molar-refractivity contribution in [3.05, 3.63) is 60.5 Å². The number of aliphatic hydroxyl groups excluding tert-OH is 1.